The third-order valence-electron chi connectivity index (χ3n) is 5.00. The molecular weight excluding hydrogens is 372 g/mol. The number of hydrogen-bond acceptors (Lipinski definition) is 6. The number of amides is 2. The van der Waals surface area contributed by atoms with Gasteiger partial charge in [-0.15, -0.1) is 0 Å². The van der Waals surface area contributed by atoms with Crippen LogP contribution in [0, 0.1) is 0 Å². The third kappa shape index (κ3) is 4.60. The molecule has 0 spiro atoms. The van der Waals surface area contributed by atoms with Crippen molar-refractivity contribution in [3.05, 3.63) is 42.5 Å². The molecule has 0 bridgehead atoms. The van der Waals surface area contributed by atoms with E-state index in [1.807, 2.05) is 24.3 Å². The first-order chi connectivity index (χ1) is 14.1. The van der Waals surface area contributed by atoms with Crippen molar-refractivity contribution < 1.29 is 19.1 Å². The number of likely N-dealkylation sites (N-methyl/N-ethyl adjacent to an activating group) is 1. The summed E-state index contributed by atoms with van der Waals surface area (Å²) < 4.78 is 10.9. The molecule has 2 N–H and O–H groups in total. The maximum absolute atomic E-state index is 12.2. The molecule has 152 valence electrons. The molecule has 1 fully saturated rings. The van der Waals surface area contributed by atoms with E-state index in [0.717, 1.165) is 31.9 Å². The second-order valence-electron chi connectivity index (χ2n) is 7.10. The number of nitrogens with one attached hydrogen (secondary N) is 2. The van der Waals surface area contributed by atoms with Gasteiger partial charge in [-0.25, -0.2) is 0 Å². The molecule has 0 aromatic heterocycles. The van der Waals surface area contributed by atoms with Crippen LogP contribution in [-0.4, -0.2) is 63.2 Å². The number of benzene rings is 2. The SMILES string of the molecule is CN1CCN(c2ccc(NC(=O)C(=O)Nc3ccc4c(c3)OCCO4)cc2)CC1. The smallest absolute Gasteiger partial charge is 0.314 e. The van der Waals surface area contributed by atoms with Crippen LogP contribution in [0.25, 0.3) is 0 Å². The maximum atomic E-state index is 12.2. The Hall–Kier alpha value is -3.26. The van der Waals surface area contributed by atoms with E-state index < -0.39 is 11.8 Å². The molecule has 2 aliphatic rings. The van der Waals surface area contributed by atoms with E-state index in [4.69, 9.17) is 9.47 Å². The summed E-state index contributed by atoms with van der Waals surface area (Å²) in [7, 11) is 2.12. The summed E-state index contributed by atoms with van der Waals surface area (Å²) in [6.45, 7) is 4.95. The molecule has 8 nitrogen and oxygen atoms in total. The zero-order valence-electron chi connectivity index (χ0n) is 16.3. The summed E-state index contributed by atoms with van der Waals surface area (Å²) in [4.78, 5) is 29.1. The van der Waals surface area contributed by atoms with Gasteiger partial charge in [-0.1, -0.05) is 0 Å². The van der Waals surface area contributed by atoms with Crippen molar-refractivity contribution in [3.63, 3.8) is 0 Å². The standard InChI is InChI=1S/C21H24N4O4/c1-24-8-10-25(11-9-24)17-5-2-15(3-6-17)22-20(26)21(27)23-16-4-7-18-19(14-16)29-13-12-28-18/h2-7,14H,8-13H2,1H3,(H,22,26)(H,23,27). The van der Waals surface area contributed by atoms with Gasteiger partial charge in [-0.2, -0.15) is 0 Å². The lowest BCUT2D eigenvalue weighted by Crippen LogP contribution is -2.44. The molecule has 8 heteroatoms. The Morgan fingerprint density at radius 2 is 1.38 bits per heavy atom. The van der Waals surface area contributed by atoms with E-state index in [9.17, 15) is 9.59 Å². The van der Waals surface area contributed by atoms with E-state index in [2.05, 4.69) is 27.5 Å². The zero-order valence-corrected chi connectivity index (χ0v) is 16.3. The molecule has 2 aromatic carbocycles. The predicted octanol–water partition coefficient (Wildman–Crippen LogP) is 1.79. The average Bonchev–Trinajstić information content (AvgIpc) is 2.75. The number of carbonyl (C=O) groups is 2. The maximum Gasteiger partial charge on any atom is 0.314 e. The minimum atomic E-state index is -0.746. The second-order valence-corrected chi connectivity index (χ2v) is 7.10. The van der Waals surface area contributed by atoms with Crippen LogP contribution in [0.5, 0.6) is 11.5 Å². The number of fused-ring (bicyclic) bond motifs is 1. The molecule has 0 radical (unpaired) electrons. The first kappa shape index (κ1) is 19.1. The quantitative estimate of drug-likeness (QED) is 0.770. The molecule has 1 saturated heterocycles. The number of rotatable bonds is 3. The first-order valence-corrected chi connectivity index (χ1v) is 9.64. The highest BCUT2D eigenvalue weighted by molar-refractivity contribution is 6.43. The normalized spacial score (nSPS) is 16.2. The fraction of sp³-hybridized carbons (Fsp3) is 0.333. The Balaban J connectivity index is 1.33. The summed E-state index contributed by atoms with van der Waals surface area (Å²) in [5.74, 6) is -0.301. The van der Waals surface area contributed by atoms with E-state index in [1.54, 1.807) is 18.2 Å². The minimum absolute atomic E-state index is 0.453. The van der Waals surface area contributed by atoms with E-state index in [-0.39, 0.29) is 0 Å². The topological polar surface area (TPSA) is 83.1 Å². The number of ether oxygens (including phenoxy) is 2. The monoisotopic (exact) mass is 396 g/mol. The van der Waals surface area contributed by atoms with Gasteiger partial charge in [0.15, 0.2) is 11.5 Å². The Morgan fingerprint density at radius 3 is 2.07 bits per heavy atom. The molecular formula is C21H24N4O4. The van der Waals surface area contributed by atoms with Gasteiger partial charge >= 0.3 is 11.8 Å². The molecule has 0 saturated carbocycles. The summed E-state index contributed by atoms with van der Waals surface area (Å²) in [5, 5.41) is 5.21. The predicted molar refractivity (Wildman–Crippen MR) is 111 cm³/mol. The number of hydrogen-bond donors (Lipinski definition) is 2. The van der Waals surface area contributed by atoms with Crippen molar-refractivity contribution in [1.29, 1.82) is 0 Å². The van der Waals surface area contributed by atoms with E-state index in [0.29, 0.717) is 36.1 Å². The van der Waals surface area contributed by atoms with Crippen molar-refractivity contribution in [2.75, 3.05) is 62.0 Å². The summed E-state index contributed by atoms with van der Waals surface area (Å²) >= 11 is 0. The lowest BCUT2D eigenvalue weighted by atomic mass is 10.2. The first-order valence-electron chi connectivity index (χ1n) is 9.64. The summed E-state index contributed by atoms with van der Waals surface area (Å²) in [6.07, 6.45) is 0. The van der Waals surface area contributed by atoms with Gasteiger partial charge in [0, 0.05) is 49.3 Å². The Labute approximate surface area is 169 Å². The largest absolute Gasteiger partial charge is 0.486 e. The lowest BCUT2D eigenvalue weighted by Gasteiger charge is -2.34. The highest BCUT2D eigenvalue weighted by Crippen LogP contribution is 2.32. The minimum Gasteiger partial charge on any atom is -0.486 e. The van der Waals surface area contributed by atoms with E-state index in [1.165, 1.54) is 0 Å². The van der Waals surface area contributed by atoms with Crippen molar-refractivity contribution in [1.82, 2.24) is 4.90 Å². The fourth-order valence-corrected chi connectivity index (χ4v) is 3.32. The molecule has 0 aliphatic carbocycles. The number of nitrogens with zero attached hydrogens (tertiary/aromatic N) is 2. The molecule has 2 aromatic rings. The van der Waals surface area contributed by atoms with Gasteiger partial charge in [0.2, 0.25) is 0 Å². The van der Waals surface area contributed by atoms with Gasteiger partial charge in [0.05, 0.1) is 0 Å². The zero-order chi connectivity index (χ0) is 20.2. The van der Waals surface area contributed by atoms with Crippen LogP contribution in [0.4, 0.5) is 17.1 Å². The molecule has 4 rings (SSSR count). The van der Waals surface area contributed by atoms with Crippen LogP contribution in [0.15, 0.2) is 42.5 Å². The third-order valence-corrected chi connectivity index (χ3v) is 5.00. The van der Waals surface area contributed by atoms with E-state index >= 15 is 0 Å². The van der Waals surface area contributed by atoms with Crippen LogP contribution < -0.4 is 25.0 Å². The highest BCUT2D eigenvalue weighted by atomic mass is 16.6. The van der Waals surface area contributed by atoms with Gasteiger partial charge in [0.25, 0.3) is 0 Å². The number of piperazine rings is 1. The highest BCUT2D eigenvalue weighted by Gasteiger charge is 2.18. The van der Waals surface area contributed by atoms with Gasteiger partial charge in [-0.05, 0) is 43.4 Å². The van der Waals surface area contributed by atoms with Gasteiger partial charge in [-0.3, -0.25) is 9.59 Å². The lowest BCUT2D eigenvalue weighted by molar-refractivity contribution is -0.133. The molecule has 2 amide bonds. The summed E-state index contributed by atoms with van der Waals surface area (Å²) in [5.41, 5.74) is 2.15. The van der Waals surface area contributed by atoms with Crippen molar-refractivity contribution >= 4 is 28.9 Å². The molecule has 2 aliphatic heterocycles. The van der Waals surface area contributed by atoms with Crippen molar-refractivity contribution in [3.8, 4) is 11.5 Å². The summed E-state index contributed by atoms with van der Waals surface area (Å²) in [6, 6.07) is 12.6. The Bertz CT molecular complexity index is 892. The second kappa shape index (κ2) is 8.40. The number of carbonyl (C=O) groups excluding carboxylic acids is 2. The molecule has 0 atom stereocenters. The van der Waals surface area contributed by atoms with Crippen LogP contribution in [0.1, 0.15) is 0 Å². The van der Waals surface area contributed by atoms with Crippen molar-refractivity contribution in [2.24, 2.45) is 0 Å². The average molecular weight is 396 g/mol. The van der Waals surface area contributed by atoms with Crippen LogP contribution >= 0.6 is 0 Å². The van der Waals surface area contributed by atoms with Crippen LogP contribution in [0.2, 0.25) is 0 Å². The van der Waals surface area contributed by atoms with Gasteiger partial charge < -0.3 is 29.9 Å². The molecule has 0 unspecified atom stereocenters. The van der Waals surface area contributed by atoms with Gasteiger partial charge in [0.1, 0.15) is 13.2 Å². The fourth-order valence-electron chi connectivity index (χ4n) is 3.32. The van der Waals surface area contributed by atoms with Crippen LogP contribution in [0.3, 0.4) is 0 Å². The Morgan fingerprint density at radius 1 is 0.793 bits per heavy atom. The molecule has 2 heterocycles. The number of anilines is 3. The van der Waals surface area contributed by atoms with Crippen molar-refractivity contribution in [2.45, 2.75) is 0 Å². The molecule has 29 heavy (non-hydrogen) atoms. The van der Waals surface area contributed by atoms with Crippen LogP contribution in [-0.2, 0) is 9.59 Å². The Kier molecular flexibility index (Phi) is 5.53.